The lowest BCUT2D eigenvalue weighted by Gasteiger charge is -2.32. The molecule has 2 saturated heterocycles. The van der Waals surface area contributed by atoms with Crippen molar-refractivity contribution in [3.63, 3.8) is 0 Å². The number of hydrogen-bond acceptors (Lipinski definition) is 4. The Morgan fingerprint density at radius 2 is 2.00 bits per heavy atom. The van der Waals surface area contributed by atoms with Crippen LogP contribution in [0.3, 0.4) is 0 Å². The molecular weight excluding hydrogens is 168 g/mol. The largest absolute Gasteiger partial charge is 0.379 e. The van der Waals surface area contributed by atoms with Crippen molar-refractivity contribution in [3.8, 4) is 0 Å². The molecule has 1 N–H and O–H groups in total. The molecule has 0 amide bonds. The normalized spacial score (nSPS) is 31.8. The lowest BCUT2D eigenvalue weighted by atomic mass is 10.2. The van der Waals surface area contributed by atoms with Crippen molar-refractivity contribution in [2.75, 3.05) is 52.6 Å². The van der Waals surface area contributed by atoms with E-state index in [1.54, 1.807) is 0 Å². The highest BCUT2D eigenvalue weighted by atomic mass is 16.5. The van der Waals surface area contributed by atoms with Crippen LogP contribution in [0.25, 0.3) is 0 Å². The highest BCUT2D eigenvalue weighted by molar-refractivity contribution is 4.75. The van der Waals surface area contributed by atoms with Gasteiger partial charge in [-0.1, -0.05) is 0 Å². The Labute approximate surface area is 79.2 Å². The fraction of sp³-hybridized carbons (Fsp3) is 1.00. The lowest BCUT2D eigenvalue weighted by molar-refractivity contribution is 0.0148. The van der Waals surface area contributed by atoms with E-state index in [0.29, 0.717) is 6.04 Å². The Morgan fingerprint density at radius 1 is 1.15 bits per heavy atom. The molecule has 76 valence electrons. The summed E-state index contributed by atoms with van der Waals surface area (Å²) in [5, 5.41) is 3.46. The van der Waals surface area contributed by atoms with Gasteiger partial charge in [-0.2, -0.15) is 0 Å². The molecular formula is C9H18N2O2. The maximum Gasteiger partial charge on any atom is 0.0632 e. The first-order chi connectivity index (χ1) is 6.45. The molecule has 2 aliphatic heterocycles. The van der Waals surface area contributed by atoms with Gasteiger partial charge in [0.2, 0.25) is 0 Å². The van der Waals surface area contributed by atoms with Crippen molar-refractivity contribution < 1.29 is 9.47 Å². The van der Waals surface area contributed by atoms with E-state index in [9.17, 15) is 0 Å². The second-order valence-corrected chi connectivity index (χ2v) is 3.64. The number of morpholine rings is 2. The van der Waals surface area contributed by atoms with Gasteiger partial charge < -0.3 is 14.8 Å². The minimum Gasteiger partial charge on any atom is -0.379 e. The monoisotopic (exact) mass is 186 g/mol. The second kappa shape index (κ2) is 4.91. The smallest absolute Gasteiger partial charge is 0.0632 e. The summed E-state index contributed by atoms with van der Waals surface area (Å²) in [5.41, 5.74) is 0. The van der Waals surface area contributed by atoms with Crippen LogP contribution in [0.1, 0.15) is 0 Å². The first-order valence-electron chi connectivity index (χ1n) is 5.06. The van der Waals surface area contributed by atoms with Gasteiger partial charge in [-0.15, -0.1) is 0 Å². The summed E-state index contributed by atoms with van der Waals surface area (Å²) in [6.07, 6.45) is 0. The molecule has 0 saturated carbocycles. The van der Waals surface area contributed by atoms with Gasteiger partial charge in [0.05, 0.1) is 26.4 Å². The summed E-state index contributed by atoms with van der Waals surface area (Å²) in [6.45, 7) is 7.72. The van der Waals surface area contributed by atoms with Crippen molar-refractivity contribution in [2.24, 2.45) is 0 Å². The summed E-state index contributed by atoms with van der Waals surface area (Å²) in [4.78, 5) is 2.44. The molecule has 0 spiro atoms. The number of rotatable bonds is 2. The van der Waals surface area contributed by atoms with E-state index in [-0.39, 0.29) is 0 Å². The molecule has 0 aromatic heterocycles. The third-order valence-corrected chi connectivity index (χ3v) is 2.58. The molecule has 0 aromatic carbocycles. The van der Waals surface area contributed by atoms with Gasteiger partial charge in [-0.05, 0) is 0 Å². The molecule has 1 atom stereocenters. The van der Waals surface area contributed by atoms with E-state index < -0.39 is 0 Å². The van der Waals surface area contributed by atoms with E-state index in [1.165, 1.54) is 0 Å². The number of hydrogen-bond donors (Lipinski definition) is 1. The number of ether oxygens (including phenoxy) is 2. The zero-order valence-electron chi connectivity index (χ0n) is 8.00. The van der Waals surface area contributed by atoms with Gasteiger partial charge in [-0.3, -0.25) is 4.90 Å². The van der Waals surface area contributed by atoms with Crippen molar-refractivity contribution in [1.82, 2.24) is 10.2 Å². The lowest BCUT2D eigenvalue weighted by Crippen LogP contribution is -2.50. The van der Waals surface area contributed by atoms with Crippen LogP contribution in [0, 0.1) is 0 Å². The van der Waals surface area contributed by atoms with Crippen LogP contribution in [0.4, 0.5) is 0 Å². The van der Waals surface area contributed by atoms with Gasteiger partial charge in [-0.25, -0.2) is 0 Å². The first kappa shape index (κ1) is 9.40. The van der Waals surface area contributed by atoms with E-state index in [0.717, 1.165) is 52.6 Å². The van der Waals surface area contributed by atoms with Crippen LogP contribution in [-0.4, -0.2) is 63.5 Å². The van der Waals surface area contributed by atoms with Crippen LogP contribution < -0.4 is 5.32 Å². The Hall–Kier alpha value is -0.160. The molecule has 2 rings (SSSR count). The molecule has 2 aliphatic rings. The molecule has 0 aliphatic carbocycles. The Bertz CT molecular complexity index is 127. The van der Waals surface area contributed by atoms with Gasteiger partial charge in [0.25, 0.3) is 0 Å². The van der Waals surface area contributed by atoms with Crippen LogP contribution in [0.2, 0.25) is 0 Å². The number of nitrogens with zero attached hydrogens (tertiary/aromatic N) is 1. The maximum atomic E-state index is 5.40. The molecule has 0 aromatic rings. The second-order valence-electron chi connectivity index (χ2n) is 3.64. The standard InChI is InChI=1S/C9H18N2O2/c1-4-13-8-9(10-1)7-11-2-5-12-6-3-11/h9-10H,1-8H2/t9-/m0/s1. The summed E-state index contributed by atoms with van der Waals surface area (Å²) in [5.74, 6) is 0. The minimum atomic E-state index is 0.520. The first-order valence-corrected chi connectivity index (χ1v) is 5.06. The summed E-state index contributed by atoms with van der Waals surface area (Å²) in [7, 11) is 0. The average Bonchev–Trinajstić information content (AvgIpc) is 2.21. The molecule has 0 bridgehead atoms. The Kier molecular flexibility index (Phi) is 3.55. The van der Waals surface area contributed by atoms with Crippen molar-refractivity contribution in [2.45, 2.75) is 6.04 Å². The molecule has 0 radical (unpaired) electrons. The van der Waals surface area contributed by atoms with Crippen LogP contribution >= 0.6 is 0 Å². The predicted molar refractivity (Wildman–Crippen MR) is 49.9 cm³/mol. The summed E-state index contributed by atoms with van der Waals surface area (Å²) < 4.78 is 10.7. The topological polar surface area (TPSA) is 33.7 Å². The minimum absolute atomic E-state index is 0.520. The van der Waals surface area contributed by atoms with Crippen LogP contribution in [-0.2, 0) is 9.47 Å². The van der Waals surface area contributed by atoms with E-state index in [2.05, 4.69) is 10.2 Å². The van der Waals surface area contributed by atoms with Gasteiger partial charge in [0.15, 0.2) is 0 Å². The Balaban J connectivity index is 1.69. The van der Waals surface area contributed by atoms with Gasteiger partial charge in [0.1, 0.15) is 0 Å². The zero-order valence-corrected chi connectivity index (χ0v) is 8.00. The maximum absolute atomic E-state index is 5.40. The van der Waals surface area contributed by atoms with Crippen LogP contribution in [0.5, 0.6) is 0 Å². The fourth-order valence-corrected chi connectivity index (χ4v) is 1.83. The molecule has 4 heteroatoms. The summed E-state index contributed by atoms with van der Waals surface area (Å²) in [6, 6.07) is 0.520. The van der Waals surface area contributed by atoms with Crippen molar-refractivity contribution in [1.29, 1.82) is 0 Å². The third-order valence-electron chi connectivity index (χ3n) is 2.58. The summed E-state index contributed by atoms with van der Waals surface area (Å²) >= 11 is 0. The van der Waals surface area contributed by atoms with E-state index in [4.69, 9.17) is 9.47 Å². The molecule has 2 fully saturated rings. The molecule has 13 heavy (non-hydrogen) atoms. The van der Waals surface area contributed by atoms with E-state index in [1.807, 2.05) is 0 Å². The highest BCUT2D eigenvalue weighted by Crippen LogP contribution is 2.01. The highest BCUT2D eigenvalue weighted by Gasteiger charge is 2.18. The van der Waals surface area contributed by atoms with Crippen molar-refractivity contribution in [3.05, 3.63) is 0 Å². The quantitative estimate of drug-likeness (QED) is 0.619. The van der Waals surface area contributed by atoms with Crippen molar-refractivity contribution >= 4 is 0 Å². The molecule has 0 unspecified atom stereocenters. The zero-order chi connectivity index (χ0) is 8.93. The molecule has 4 nitrogen and oxygen atoms in total. The van der Waals surface area contributed by atoms with Gasteiger partial charge >= 0.3 is 0 Å². The van der Waals surface area contributed by atoms with Crippen LogP contribution in [0.15, 0.2) is 0 Å². The van der Waals surface area contributed by atoms with Gasteiger partial charge in [0, 0.05) is 32.2 Å². The van der Waals surface area contributed by atoms with E-state index >= 15 is 0 Å². The number of nitrogens with one attached hydrogen (secondary N) is 1. The Morgan fingerprint density at radius 3 is 2.69 bits per heavy atom. The molecule has 2 heterocycles. The third kappa shape index (κ3) is 2.91. The average molecular weight is 186 g/mol. The SMILES string of the molecule is C1COC[C@H](CN2CCOCC2)N1. The fourth-order valence-electron chi connectivity index (χ4n) is 1.83. The predicted octanol–water partition coefficient (Wildman–Crippen LogP) is -0.693.